The van der Waals surface area contributed by atoms with Gasteiger partial charge < -0.3 is 14.6 Å². The minimum atomic E-state index is -0.0464. The molecule has 1 aliphatic heterocycles. The van der Waals surface area contributed by atoms with Crippen LogP contribution in [0.1, 0.15) is 43.2 Å². The third-order valence-corrected chi connectivity index (χ3v) is 5.49. The zero-order chi connectivity index (χ0) is 21.5. The van der Waals surface area contributed by atoms with Crippen molar-refractivity contribution in [3.8, 4) is 17.4 Å². The van der Waals surface area contributed by atoms with Crippen LogP contribution in [0.5, 0.6) is 5.75 Å². The van der Waals surface area contributed by atoms with Crippen LogP contribution in [-0.4, -0.2) is 62.9 Å². The smallest absolute Gasteiger partial charge is 0.239 e. The number of aromatic amines is 1. The van der Waals surface area contributed by atoms with Gasteiger partial charge in [0.05, 0.1) is 13.2 Å². The Kier molecular flexibility index (Phi) is 6.88. The Morgan fingerprint density at radius 3 is 2.77 bits per heavy atom. The van der Waals surface area contributed by atoms with Gasteiger partial charge >= 0.3 is 0 Å². The number of H-pyrrole nitrogens is 1. The number of methoxy groups -OCH3 is 1. The van der Waals surface area contributed by atoms with Gasteiger partial charge in [-0.2, -0.15) is 10.1 Å². The molecule has 0 radical (unpaired) electrons. The summed E-state index contributed by atoms with van der Waals surface area (Å²) in [6, 6.07) is 8.23. The molecular weight excluding hydrogens is 398 g/mol. The van der Waals surface area contributed by atoms with Crippen molar-refractivity contribution >= 4 is 5.91 Å². The van der Waals surface area contributed by atoms with Gasteiger partial charge in [-0.3, -0.25) is 14.8 Å². The number of aromatic nitrogens is 5. The second-order valence-corrected chi connectivity index (χ2v) is 7.54. The van der Waals surface area contributed by atoms with Crippen molar-refractivity contribution in [1.29, 1.82) is 0 Å². The molecule has 164 valence electrons. The Hall–Kier alpha value is -3.27. The number of carbonyl (C=O) groups is 1. The van der Waals surface area contributed by atoms with Crippen LogP contribution >= 0.6 is 0 Å². The van der Waals surface area contributed by atoms with E-state index in [0.29, 0.717) is 30.5 Å². The molecule has 31 heavy (non-hydrogen) atoms. The highest BCUT2D eigenvalue weighted by atomic mass is 16.5. The normalized spacial score (nSPS) is 15.5. The summed E-state index contributed by atoms with van der Waals surface area (Å²) in [5.74, 6) is 1.94. The minimum absolute atomic E-state index is 0.0464. The Labute approximate surface area is 180 Å². The molecule has 0 bridgehead atoms. The summed E-state index contributed by atoms with van der Waals surface area (Å²) in [6.45, 7) is 2.64. The molecule has 1 amide bonds. The summed E-state index contributed by atoms with van der Waals surface area (Å²) in [5, 5.41) is 13.4. The second-order valence-electron chi connectivity index (χ2n) is 7.54. The third-order valence-electron chi connectivity index (χ3n) is 5.49. The predicted molar refractivity (Wildman–Crippen MR) is 112 cm³/mol. The number of hydrogen-bond acceptors (Lipinski definition) is 8. The molecule has 4 rings (SSSR count). The molecule has 3 aromatic rings. The van der Waals surface area contributed by atoms with Crippen LogP contribution in [0.25, 0.3) is 11.6 Å². The number of benzene rings is 1. The van der Waals surface area contributed by atoms with Crippen molar-refractivity contribution in [1.82, 2.24) is 35.5 Å². The van der Waals surface area contributed by atoms with Gasteiger partial charge in [0.25, 0.3) is 0 Å². The number of likely N-dealkylation sites (tertiary alicyclic amines) is 1. The zero-order valence-electron chi connectivity index (χ0n) is 17.6. The van der Waals surface area contributed by atoms with E-state index >= 15 is 0 Å². The maximum Gasteiger partial charge on any atom is 0.239 e. The molecule has 1 fully saturated rings. The van der Waals surface area contributed by atoms with Gasteiger partial charge in [0.1, 0.15) is 12.1 Å². The molecule has 1 aliphatic rings. The molecule has 1 unspecified atom stereocenters. The van der Waals surface area contributed by atoms with E-state index in [1.165, 1.54) is 31.2 Å². The lowest BCUT2D eigenvalue weighted by Gasteiger charge is -2.35. The zero-order valence-corrected chi connectivity index (χ0v) is 17.6. The lowest BCUT2D eigenvalue weighted by molar-refractivity contribution is -0.121. The molecule has 0 spiro atoms. The van der Waals surface area contributed by atoms with E-state index in [4.69, 9.17) is 9.26 Å². The highest BCUT2D eigenvalue weighted by Crippen LogP contribution is 2.26. The van der Waals surface area contributed by atoms with Gasteiger partial charge in [-0.25, -0.2) is 4.98 Å². The number of carbonyl (C=O) groups excluding carboxylic acids is 1. The van der Waals surface area contributed by atoms with Crippen molar-refractivity contribution in [2.45, 2.75) is 38.1 Å². The molecule has 1 atom stereocenters. The fourth-order valence-electron chi connectivity index (χ4n) is 3.80. The van der Waals surface area contributed by atoms with Gasteiger partial charge in [0.15, 0.2) is 5.82 Å². The first-order valence-corrected chi connectivity index (χ1v) is 10.6. The van der Waals surface area contributed by atoms with Crippen molar-refractivity contribution in [3.05, 3.63) is 42.0 Å². The predicted octanol–water partition coefficient (Wildman–Crippen LogP) is 2.14. The molecule has 10 heteroatoms. The monoisotopic (exact) mass is 425 g/mol. The lowest BCUT2D eigenvalue weighted by Crippen LogP contribution is -2.40. The number of aryl methyl sites for hydroxylation is 1. The first-order chi connectivity index (χ1) is 15.2. The summed E-state index contributed by atoms with van der Waals surface area (Å²) >= 11 is 0. The van der Waals surface area contributed by atoms with Crippen LogP contribution in [0.15, 0.2) is 35.1 Å². The molecular formula is C21H27N7O3. The van der Waals surface area contributed by atoms with Crippen molar-refractivity contribution in [2.75, 3.05) is 26.7 Å². The number of rotatable bonds is 9. The third kappa shape index (κ3) is 5.46. The Morgan fingerprint density at radius 2 is 2.06 bits per heavy atom. The van der Waals surface area contributed by atoms with Gasteiger partial charge in [-0.1, -0.05) is 23.7 Å². The van der Waals surface area contributed by atoms with E-state index in [0.717, 1.165) is 18.8 Å². The van der Waals surface area contributed by atoms with E-state index in [1.54, 1.807) is 7.11 Å². The number of piperidine rings is 1. The van der Waals surface area contributed by atoms with E-state index in [2.05, 4.69) is 47.7 Å². The maximum atomic E-state index is 12.5. The standard InChI is InChI=1S/C21H27N7O3/c1-30-16-7-5-15(6-8-16)17(28-11-3-2-4-12-28)13-22-18(29)9-10-19-25-21(27-31-19)20-23-14-24-26-20/h5-8,14,17H,2-4,9-13H2,1H3,(H,22,29)(H,23,24,26). The van der Waals surface area contributed by atoms with Crippen LogP contribution in [0.4, 0.5) is 0 Å². The minimum Gasteiger partial charge on any atom is -0.497 e. The summed E-state index contributed by atoms with van der Waals surface area (Å²) in [5.41, 5.74) is 1.18. The Morgan fingerprint density at radius 1 is 1.26 bits per heavy atom. The first kappa shape index (κ1) is 21.0. The van der Waals surface area contributed by atoms with Crippen LogP contribution < -0.4 is 10.1 Å². The van der Waals surface area contributed by atoms with Crippen LogP contribution in [0.3, 0.4) is 0 Å². The summed E-state index contributed by atoms with van der Waals surface area (Å²) in [7, 11) is 1.66. The maximum absolute atomic E-state index is 12.5. The second kappa shape index (κ2) is 10.2. The number of nitrogens with one attached hydrogen (secondary N) is 2. The van der Waals surface area contributed by atoms with E-state index in [9.17, 15) is 4.79 Å². The fourth-order valence-corrected chi connectivity index (χ4v) is 3.80. The number of ether oxygens (including phenoxy) is 1. The number of nitrogens with zero attached hydrogens (tertiary/aromatic N) is 5. The number of hydrogen-bond donors (Lipinski definition) is 2. The molecule has 3 heterocycles. The quantitative estimate of drug-likeness (QED) is 0.535. The summed E-state index contributed by atoms with van der Waals surface area (Å²) < 4.78 is 10.5. The van der Waals surface area contributed by atoms with E-state index in [-0.39, 0.29) is 18.4 Å². The van der Waals surface area contributed by atoms with Gasteiger partial charge in [-0.05, 0) is 43.6 Å². The topological polar surface area (TPSA) is 122 Å². The highest BCUT2D eigenvalue weighted by Gasteiger charge is 2.23. The van der Waals surface area contributed by atoms with Crippen molar-refractivity contribution in [2.24, 2.45) is 0 Å². The Balaban J connectivity index is 1.33. The van der Waals surface area contributed by atoms with Crippen LogP contribution in [-0.2, 0) is 11.2 Å². The molecule has 1 saturated heterocycles. The lowest BCUT2D eigenvalue weighted by atomic mass is 10.0. The van der Waals surface area contributed by atoms with Gasteiger partial charge in [-0.15, -0.1) is 0 Å². The van der Waals surface area contributed by atoms with Crippen molar-refractivity contribution < 1.29 is 14.1 Å². The van der Waals surface area contributed by atoms with Gasteiger partial charge in [0.2, 0.25) is 17.6 Å². The first-order valence-electron chi connectivity index (χ1n) is 10.6. The highest BCUT2D eigenvalue weighted by molar-refractivity contribution is 5.76. The Bertz CT molecular complexity index is 950. The number of amides is 1. The molecule has 2 N–H and O–H groups in total. The van der Waals surface area contributed by atoms with E-state index in [1.807, 2.05) is 12.1 Å². The summed E-state index contributed by atoms with van der Waals surface area (Å²) in [4.78, 5) is 23.2. The van der Waals surface area contributed by atoms with E-state index < -0.39 is 0 Å². The molecule has 0 saturated carbocycles. The summed E-state index contributed by atoms with van der Waals surface area (Å²) in [6.07, 6.45) is 5.65. The van der Waals surface area contributed by atoms with Crippen LogP contribution in [0, 0.1) is 0 Å². The SMILES string of the molecule is COc1ccc(C(CNC(=O)CCc2nc(-c3ncn[nH]3)no2)N2CCCCC2)cc1. The average Bonchev–Trinajstić information content (AvgIpc) is 3.51. The fraction of sp³-hybridized carbons (Fsp3) is 0.476. The van der Waals surface area contributed by atoms with Gasteiger partial charge in [0, 0.05) is 19.4 Å². The molecule has 1 aromatic carbocycles. The van der Waals surface area contributed by atoms with Crippen molar-refractivity contribution in [3.63, 3.8) is 0 Å². The average molecular weight is 425 g/mol. The van der Waals surface area contributed by atoms with Crippen LogP contribution in [0.2, 0.25) is 0 Å². The largest absolute Gasteiger partial charge is 0.497 e. The molecule has 10 nitrogen and oxygen atoms in total. The molecule has 2 aromatic heterocycles. The molecule has 0 aliphatic carbocycles.